The van der Waals surface area contributed by atoms with Crippen LogP contribution in [0.5, 0.6) is 0 Å². The van der Waals surface area contributed by atoms with Crippen LogP contribution in [0.15, 0.2) is 29.2 Å². The number of hydrogen-bond acceptors (Lipinski definition) is 2. The number of benzene rings is 1. The van der Waals surface area contributed by atoms with Crippen molar-refractivity contribution in [2.45, 2.75) is 62.1 Å². The third-order valence-electron chi connectivity index (χ3n) is 4.46. The Bertz CT molecular complexity index is 383. The molecule has 1 aromatic rings. The Kier molecular flexibility index (Phi) is 5.77. The summed E-state index contributed by atoms with van der Waals surface area (Å²) in [6.07, 6.45) is 7.03. The zero-order valence-corrected chi connectivity index (χ0v) is 13.3. The Balaban J connectivity index is 1.92. The van der Waals surface area contributed by atoms with Gasteiger partial charge in [0.2, 0.25) is 0 Å². The van der Waals surface area contributed by atoms with E-state index < -0.39 is 0 Å². The minimum absolute atomic E-state index is 0.441. The molecule has 0 saturated heterocycles. The summed E-state index contributed by atoms with van der Waals surface area (Å²) in [4.78, 5) is 1.44. The molecule has 106 valence electrons. The third kappa shape index (κ3) is 4.25. The lowest BCUT2D eigenvalue weighted by molar-refractivity contribution is 0.356. The highest BCUT2D eigenvalue weighted by molar-refractivity contribution is 8.00. The van der Waals surface area contributed by atoms with Gasteiger partial charge in [-0.1, -0.05) is 25.5 Å². The molecule has 0 aliphatic heterocycles. The van der Waals surface area contributed by atoms with E-state index in [2.05, 4.69) is 55.2 Å². The van der Waals surface area contributed by atoms with E-state index in [9.17, 15) is 0 Å². The molecule has 1 saturated carbocycles. The van der Waals surface area contributed by atoms with Crippen molar-refractivity contribution in [2.24, 2.45) is 5.92 Å². The van der Waals surface area contributed by atoms with E-state index in [0.717, 1.165) is 11.2 Å². The van der Waals surface area contributed by atoms with E-state index in [4.69, 9.17) is 0 Å². The topological polar surface area (TPSA) is 12.0 Å². The second-order valence-corrected chi connectivity index (χ2v) is 7.13. The van der Waals surface area contributed by atoms with Crippen LogP contribution in [-0.2, 0) is 0 Å². The van der Waals surface area contributed by atoms with Gasteiger partial charge >= 0.3 is 0 Å². The fourth-order valence-corrected chi connectivity index (χ4v) is 4.13. The maximum Gasteiger partial charge on any atom is 0.0289 e. The first-order chi connectivity index (χ1) is 9.22. The smallest absolute Gasteiger partial charge is 0.0289 e. The standard InChI is InChI=1S/C17H27NS/c1-4-14-8-10-16(11-9-14)19-17-7-5-6-15(12-17)13(2)18-3/h5-7,12-14,16,18H,4,8-11H2,1-3H3. The fraction of sp³-hybridized carbons (Fsp3) is 0.647. The van der Waals surface area contributed by atoms with Crippen LogP contribution in [0, 0.1) is 5.92 Å². The van der Waals surface area contributed by atoms with Crippen molar-refractivity contribution in [2.75, 3.05) is 7.05 Å². The van der Waals surface area contributed by atoms with Crippen molar-refractivity contribution in [3.05, 3.63) is 29.8 Å². The molecule has 0 aromatic heterocycles. The molecule has 0 spiro atoms. The number of nitrogens with one attached hydrogen (secondary N) is 1. The van der Waals surface area contributed by atoms with Crippen LogP contribution < -0.4 is 5.32 Å². The highest BCUT2D eigenvalue weighted by Crippen LogP contribution is 2.37. The van der Waals surface area contributed by atoms with E-state index in [-0.39, 0.29) is 0 Å². The molecule has 1 aliphatic carbocycles. The Labute approximate surface area is 122 Å². The summed E-state index contributed by atoms with van der Waals surface area (Å²) < 4.78 is 0. The van der Waals surface area contributed by atoms with Gasteiger partial charge in [0.1, 0.15) is 0 Å². The predicted molar refractivity (Wildman–Crippen MR) is 85.8 cm³/mol. The minimum atomic E-state index is 0.441. The largest absolute Gasteiger partial charge is 0.313 e. The van der Waals surface area contributed by atoms with Crippen LogP contribution in [0.2, 0.25) is 0 Å². The van der Waals surface area contributed by atoms with Gasteiger partial charge in [-0.3, -0.25) is 0 Å². The van der Waals surface area contributed by atoms with Gasteiger partial charge in [-0.05, 0) is 63.3 Å². The highest BCUT2D eigenvalue weighted by atomic mass is 32.2. The summed E-state index contributed by atoms with van der Waals surface area (Å²) in [7, 11) is 2.02. The van der Waals surface area contributed by atoms with Crippen molar-refractivity contribution in [1.29, 1.82) is 0 Å². The van der Waals surface area contributed by atoms with E-state index >= 15 is 0 Å². The van der Waals surface area contributed by atoms with Gasteiger partial charge in [-0.2, -0.15) is 0 Å². The second-order valence-electron chi connectivity index (χ2n) is 5.75. The Hall–Kier alpha value is -0.470. The molecule has 1 fully saturated rings. The highest BCUT2D eigenvalue weighted by Gasteiger charge is 2.20. The lowest BCUT2D eigenvalue weighted by atomic mass is 9.87. The van der Waals surface area contributed by atoms with E-state index in [0.29, 0.717) is 6.04 Å². The molecule has 0 heterocycles. The first-order valence-corrected chi connectivity index (χ1v) is 8.54. The molecule has 0 amide bonds. The predicted octanol–water partition coefficient (Wildman–Crippen LogP) is 5.03. The molecule has 1 nitrogen and oxygen atoms in total. The second kappa shape index (κ2) is 7.35. The Morgan fingerprint density at radius 1 is 1.26 bits per heavy atom. The van der Waals surface area contributed by atoms with Gasteiger partial charge < -0.3 is 5.32 Å². The first-order valence-electron chi connectivity index (χ1n) is 7.66. The molecular formula is C17H27NS. The summed E-state index contributed by atoms with van der Waals surface area (Å²) in [5.74, 6) is 0.993. The summed E-state index contributed by atoms with van der Waals surface area (Å²) in [6.45, 7) is 4.55. The van der Waals surface area contributed by atoms with Gasteiger partial charge in [0.25, 0.3) is 0 Å². The first kappa shape index (κ1) is 14.9. The molecular weight excluding hydrogens is 250 g/mol. The molecule has 1 N–H and O–H groups in total. The summed E-state index contributed by atoms with van der Waals surface area (Å²) >= 11 is 2.09. The van der Waals surface area contributed by atoms with Crippen molar-refractivity contribution >= 4 is 11.8 Å². The summed E-state index contributed by atoms with van der Waals surface area (Å²) in [6, 6.07) is 9.49. The zero-order chi connectivity index (χ0) is 13.7. The van der Waals surface area contributed by atoms with Crippen LogP contribution in [0.4, 0.5) is 0 Å². The molecule has 1 atom stereocenters. The van der Waals surface area contributed by atoms with Crippen LogP contribution >= 0.6 is 11.8 Å². The summed E-state index contributed by atoms with van der Waals surface area (Å²) in [5.41, 5.74) is 1.40. The van der Waals surface area contributed by atoms with E-state index in [1.165, 1.54) is 42.6 Å². The summed E-state index contributed by atoms with van der Waals surface area (Å²) in [5, 5.41) is 4.15. The molecule has 2 rings (SSSR count). The number of hydrogen-bond donors (Lipinski definition) is 1. The maximum atomic E-state index is 3.32. The van der Waals surface area contributed by atoms with Gasteiger partial charge in [-0.15, -0.1) is 11.8 Å². The Morgan fingerprint density at radius 3 is 2.63 bits per heavy atom. The fourth-order valence-electron chi connectivity index (χ4n) is 2.87. The van der Waals surface area contributed by atoms with Crippen LogP contribution in [0.3, 0.4) is 0 Å². The van der Waals surface area contributed by atoms with Crippen molar-refractivity contribution < 1.29 is 0 Å². The van der Waals surface area contributed by atoms with Crippen molar-refractivity contribution in [3.63, 3.8) is 0 Å². The average Bonchev–Trinajstić information content (AvgIpc) is 2.47. The van der Waals surface area contributed by atoms with Crippen LogP contribution in [-0.4, -0.2) is 12.3 Å². The Morgan fingerprint density at radius 2 is 2.00 bits per heavy atom. The SMILES string of the molecule is CCC1CCC(Sc2cccc(C(C)NC)c2)CC1. The number of rotatable bonds is 5. The van der Waals surface area contributed by atoms with E-state index in [1.807, 2.05) is 7.05 Å². The van der Waals surface area contributed by atoms with Crippen LogP contribution in [0.1, 0.15) is 57.6 Å². The van der Waals surface area contributed by atoms with Gasteiger partial charge in [0, 0.05) is 16.2 Å². The molecule has 19 heavy (non-hydrogen) atoms. The van der Waals surface area contributed by atoms with E-state index in [1.54, 1.807) is 0 Å². The van der Waals surface area contributed by atoms with Crippen LogP contribution in [0.25, 0.3) is 0 Å². The quantitative estimate of drug-likeness (QED) is 0.810. The molecule has 1 unspecified atom stereocenters. The van der Waals surface area contributed by atoms with Gasteiger partial charge in [0.15, 0.2) is 0 Å². The monoisotopic (exact) mass is 277 g/mol. The minimum Gasteiger partial charge on any atom is -0.313 e. The third-order valence-corrected chi connectivity index (χ3v) is 5.80. The molecule has 0 radical (unpaired) electrons. The lowest BCUT2D eigenvalue weighted by Crippen LogP contribution is -2.15. The normalized spacial score (nSPS) is 25.2. The van der Waals surface area contributed by atoms with Gasteiger partial charge in [-0.25, -0.2) is 0 Å². The van der Waals surface area contributed by atoms with Gasteiger partial charge in [0.05, 0.1) is 0 Å². The average molecular weight is 277 g/mol. The maximum absolute atomic E-state index is 3.32. The van der Waals surface area contributed by atoms with Crippen molar-refractivity contribution in [3.8, 4) is 0 Å². The molecule has 2 heteroatoms. The zero-order valence-electron chi connectivity index (χ0n) is 12.5. The molecule has 0 bridgehead atoms. The lowest BCUT2D eigenvalue weighted by Gasteiger charge is -2.27. The van der Waals surface area contributed by atoms with Crippen molar-refractivity contribution in [1.82, 2.24) is 5.32 Å². The molecule has 1 aromatic carbocycles. The number of thioether (sulfide) groups is 1. The molecule has 1 aliphatic rings.